The van der Waals surface area contributed by atoms with E-state index < -0.39 is 17.9 Å². The number of carbonyl (C=O) groups excluding carboxylic acids is 3. The first-order valence-corrected chi connectivity index (χ1v) is 9.46. The monoisotopic (exact) mass is 472 g/mol. The van der Waals surface area contributed by atoms with Crippen molar-refractivity contribution < 1.29 is 28.6 Å². The summed E-state index contributed by atoms with van der Waals surface area (Å²) in [6.45, 7) is 0. The van der Waals surface area contributed by atoms with Crippen molar-refractivity contribution in [3.05, 3.63) is 69.8 Å². The zero-order valence-electron chi connectivity index (χ0n) is 16.3. The third kappa shape index (κ3) is 3.71. The van der Waals surface area contributed by atoms with Gasteiger partial charge in [-0.2, -0.15) is 5.10 Å². The van der Waals surface area contributed by atoms with Gasteiger partial charge in [-0.25, -0.2) is 19.1 Å². The standard InChI is InChI=1S/C21H17BrN2O6/c1-28-19(25)15-13(10-7-11-14(15)22)17-16(20(26)29-2)18(21(27)30-3)24(23-17)12-8-5-4-6-9-12/h4-11H,1-3H3. The largest absolute Gasteiger partial charge is 0.465 e. The lowest BCUT2D eigenvalue weighted by Crippen LogP contribution is -2.15. The first-order valence-electron chi connectivity index (χ1n) is 8.66. The van der Waals surface area contributed by atoms with Gasteiger partial charge in [0.1, 0.15) is 11.3 Å². The molecule has 0 aliphatic rings. The topological polar surface area (TPSA) is 96.7 Å². The fraction of sp³-hybridized carbons (Fsp3) is 0.143. The van der Waals surface area contributed by atoms with Crippen molar-refractivity contribution >= 4 is 33.8 Å². The van der Waals surface area contributed by atoms with Crippen LogP contribution in [-0.2, 0) is 14.2 Å². The van der Waals surface area contributed by atoms with Crippen LogP contribution in [0, 0.1) is 0 Å². The molecule has 0 unspecified atom stereocenters. The van der Waals surface area contributed by atoms with Gasteiger partial charge in [-0.1, -0.05) is 30.3 Å². The Balaban J connectivity index is 2.44. The summed E-state index contributed by atoms with van der Waals surface area (Å²) in [4.78, 5) is 37.8. The van der Waals surface area contributed by atoms with Crippen LogP contribution >= 0.6 is 15.9 Å². The maximum absolute atomic E-state index is 12.7. The molecule has 0 fully saturated rings. The highest BCUT2D eigenvalue weighted by Gasteiger charge is 2.33. The first-order chi connectivity index (χ1) is 14.4. The van der Waals surface area contributed by atoms with E-state index in [-0.39, 0.29) is 28.1 Å². The van der Waals surface area contributed by atoms with Gasteiger partial charge in [-0.15, -0.1) is 0 Å². The molecule has 1 heterocycles. The maximum atomic E-state index is 12.7. The minimum absolute atomic E-state index is 0.0767. The molecular formula is C21H17BrN2O6. The van der Waals surface area contributed by atoms with E-state index in [9.17, 15) is 14.4 Å². The van der Waals surface area contributed by atoms with Crippen molar-refractivity contribution in [3.8, 4) is 16.9 Å². The van der Waals surface area contributed by atoms with Crippen LogP contribution in [0.2, 0.25) is 0 Å². The number of hydrogen-bond donors (Lipinski definition) is 0. The van der Waals surface area contributed by atoms with Crippen molar-refractivity contribution in [1.82, 2.24) is 9.78 Å². The Labute approximate surface area is 180 Å². The van der Waals surface area contributed by atoms with E-state index in [4.69, 9.17) is 14.2 Å². The van der Waals surface area contributed by atoms with Crippen molar-refractivity contribution in [1.29, 1.82) is 0 Å². The van der Waals surface area contributed by atoms with Crippen LogP contribution in [0.5, 0.6) is 0 Å². The van der Waals surface area contributed by atoms with Crippen molar-refractivity contribution in [2.45, 2.75) is 0 Å². The zero-order valence-corrected chi connectivity index (χ0v) is 17.9. The lowest BCUT2D eigenvalue weighted by Gasteiger charge is -2.09. The first kappa shape index (κ1) is 21.3. The molecule has 0 N–H and O–H groups in total. The van der Waals surface area contributed by atoms with Crippen LogP contribution in [0.25, 0.3) is 16.9 Å². The summed E-state index contributed by atoms with van der Waals surface area (Å²) in [5.41, 5.74) is 0.783. The maximum Gasteiger partial charge on any atom is 0.357 e. The Morgan fingerprint density at radius 3 is 2.00 bits per heavy atom. The molecule has 154 valence electrons. The normalized spacial score (nSPS) is 10.4. The van der Waals surface area contributed by atoms with Gasteiger partial charge in [0.2, 0.25) is 0 Å². The van der Waals surface area contributed by atoms with E-state index in [1.807, 2.05) is 0 Å². The number of nitrogens with zero attached hydrogens (tertiary/aromatic N) is 2. The predicted molar refractivity (Wildman–Crippen MR) is 111 cm³/mol. The second-order valence-electron chi connectivity index (χ2n) is 5.96. The predicted octanol–water partition coefficient (Wildman–Crippen LogP) is 3.66. The minimum atomic E-state index is -0.802. The van der Waals surface area contributed by atoms with E-state index in [1.165, 1.54) is 26.0 Å². The molecule has 0 aliphatic carbocycles. The average Bonchev–Trinajstić information content (AvgIpc) is 3.18. The fourth-order valence-electron chi connectivity index (χ4n) is 2.97. The third-order valence-electron chi connectivity index (χ3n) is 4.31. The molecule has 0 radical (unpaired) electrons. The average molecular weight is 473 g/mol. The van der Waals surface area contributed by atoms with E-state index in [0.29, 0.717) is 10.2 Å². The number of benzene rings is 2. The van der Waals surface area contributed by atoms with Crippen LogP contribution in [-0.4, -0.2) is 49.0 Å². The van der Waals surface area contributed by atoms with Crippen molar-refractivity contribution in [2.75, 3.05) is 21.3 Å². The van der Waals surface area contributed by atoms with Gasteiger partial charge in [-0.05, 0) is 34.1 Å². The quantitative estimate of drug-likeness (QED) is 0.412. The molecule has 2 aromatic carbocycles. The number of esters is 3. The second kappa shape index (κ2) is 8.91. The van der Waals surface area contributed by atoms with Gasteiger partial charge >= 0.3 is 17.9 Å². The van der Waals surface area contributed by atoms with Crippen LogP contribution < -0.4 is 0 Å². The molecule has 0 atom stereocenters. The SMILES string of the molecule is COC(=O)c1c(Br)cccc1-c1nn(-c2ccccc2)c(C(=O)OC)c1C(=O)OC. The van der Waals surface area contributed by atoms with E-state index >= 15 is 0 Å². The van der Waals surface area contributed by atoms with Gasteiger partial charge in [0.25, 0.3) is 0 Å². The molecule has 1 aromatic heterocycles. The summed E-state index contributed by atoms with van der Waals surface area (Å²) in [6, 6.07) is 13.7. The zero-order chi connectivity index (χ0) is 21.8. The van der Waals surface area contributed by atoms with E-state index in [1.54, 1.807) is 48.5 Å². The molecule has 8 nitrogen and oxygen atoms in total. The van der Waals surface area contributed by atoms with Gasteiger partial charge < -0.3 is 14.2 Å². The van der Waals surface area contributed by atoms with Gasteiger partial charge in [0, 0.05) is 10.0 Å². The Morgan fingerprint density at radius 1 is 0.800 bits per heavy atom. The second-order valence-corrected chi connectivity index (χ2v) is 6.81. The van der Waals surface area contributed by atoms with Crippen LogP contribution in [0.1, 0.15) is 31.2 Å². The Morgan fingerprint density at radius 2 is 1.40 bits per heavy atom. The van der Waals surface area contributed by atoms with Crippen LogP contribution in [0.15, 0.2) is 53.0 Å². The third-order valence-corrected chi connectivity index (χ3v) is 4.97. The molecule has 9 heteroatoms. The molecule has 30 heavy (non-hydrogen) atoms. The van der Waals surface area contributed by atoms with Crippen molar-refractivity contribution in [2.24, 2.45) is 0 Å². The Hall–Kier alpha value is -3.46. The molecule has 0 spiro atoms. The molecule has 0 amide bonds. The molecule has 3 rings (SSSR count). The number of ether oxygens (including phenoxy) is 3. The Kier molecular flexibility index (Phi) is 6.31. The molecule has 0 bridgehead atoms. The number of rotatable bonds is 5. The number of carbonyl (C=O) groups is 3. The summed E-state index contributed by atoms with van der Waals surface area (Å²) in [7, 11) is 3.63. The van der Waals surface area contributed by atoms with E-state index in [2.05, 4.69) is 21.0 Å². The molecular weight excluding hydrogens is 456 g/mol. The summed E-state index contributed by atoms with van der Waals surface area (Å²) in [6.07, 6.45) is 0. The highest BCUT2D eigenvalue weighted by molar-refractivity contribution is 9.10. The molecule has 3 aromatic rings. The number of methoxy groups -OCH3 is 3. The van der Waals surface area contributed by atoms with Crippen LogP contribution in [0.4, 0.5) is 0 Å². The van der Waals surface area contributed by atoms with E-state index in [0.717, 1.165) is 0 Å². The smallest absolute Gasteiger partial charge is 0.357 e. The lowest BCUT2D eigenvalue weighted by molar-refractivity contribution is 0.0549. The summed E-state index contributed by atoms with van der Waals surface area (Å²) in [5, 5.41) is 4.49. The number of aromatic nitrogens is 2. The van der Waals surface area contributed by atoms with Gasteiger partial charge in [0.15, 0.2) is 5.69 Å². The summed E-state index contributed by atoms with van der Waals surface area (Å²) >= 11 is 3.33. The minimum Gasteiger partial charge on any atom is -0.465 e. The van der Waals surface area contributed by atoms with Gasteiger partial charge in [-0.3, -0.25) is 0 Å². The van der Waals surface area contributed by atoms with Crippen LogP contribution in [0.3, 0.4) is 0 Å². The summed E-state index contributed by atoms with van der Waals surface area (Å²) < 4.78 is 16.4. The highest BCUT2D eigenvalue weighted by Crippen LogP contribution is 2.34. The van der Waals surface area contributed by atoms with Gasteiger partial charge in [0.05, 0.1) is 32.6 Å². The number of halogens is 1. The summed E-state index contributed by atoms with van der Waals surface area (Å²) in [5.74, 6) is -2.22. The molecule has 0 aliphatic heterocycles. The van der Waals surface area contributed by atoms with Crippen molar-refractivity contribution in [3.63, 3.8) is 0 Å². The fourth-order valence-corrected chi connectivity index (χ4v) is 3.50. The number of para-hydroxylation sites is 1. The molecule has 0 saturated heterocycles. The lowest BCUT2D eigenvalue weighted by atomic mass is 10.00. The number of hydrogen-bond acceptors (Lipinski definition) is 7. The molecule has 0 saturated carbocycles. The Bertz CT molecular complexity index is 1120. The highest BCUT2D eigenvalue weighted by atomic mass is 79.9.